The predicted molar refractivity (Wildman–Crippen MR) is 124 cm³/mol. The maximum atomic E-state index is 15.7. The van der Waals surface area contributed by atoms with E-state index in [4.69, 9.17) is 5.73 Å². The fraction of sp³-hybridized carbons (Fsp3) is 0.480. The molecule has 192 valence electrons. The van der Waals surface area contributed by atoms with Gasteiger partial charge in [-0.25, -0.2) is 4.39 Å². The van der Waals surface area contributed by atoms with Crippen molar-refractivity contribution >= 4 is 23.2 Å². The van der Waals surface area contributed by atoms with Crippen molar-refractivity contribution in [2.45, 2.75) is 44.5 Å². The molecule has 10 nitrogen and oxygen atoms in total. The highest BCUT2D eigenvalue weighted by atomic mass is 19.1. The average molecular weight is 502 g/mol. The Bertz CT molecular complexity index is 1320. The fourth-order valence-corrected chi connectivity index (χ4v) is 6.50. The molecular formula is C25H28FN3O7. The lowest BCUT2D eigenvalue weighted by molar-refractivity contribution is -0.153. The number of fused-ring (bicyclic) bond motifs is 4. The minimum atomic E-state index is -2.71. The number of ketones is 2. The van der Waals surface area contributed by atoms with Gasteiger partial charge in [-0.1, -0.05) is 6.92 Å². The SMILES string of the molecule is CCN1Cc2c(O)c3c(c(F)c2C1)C[C@H]1C[C@H]2[C@H](N(C)C)C(=O)C(C(N)=O)=C(O)[C@@]2(O)C(=O)C1=C3O. The number of carbonyl (C=O) groups excluding carboxylic acids is 3. The molecule has 36 heavy (non-hydrogen) atoms. The van der Waals surface area contributed by atoms with Gasteiger partial charge in [-0.05, 0) is 39.4 Å². The maximum Gasteiger partial charge on any atom is 0.255 e. The topological polar surface area (TPSA) is 165 Å². The van der Waals surface area contributed by atoms with Gasteiger partial charge in [0, 0.05) is 41.3 Å². The van der Waals surface area contributed by atoms with E-state index < -0.39 is 63.9 Å². The van der Waals surface area contributed by atoms with Crippen molar-refractivity contribution in [2.75, 3.05) is 20.6 Å². The number of rotatable bonds is 3. The number of hydrogen-bond donors (Lipinski definition) is 5. The van der Waals surface area contributed by atoms with E-state index >= 15 is 4.39 Å². The van der Waals surface area contributed by atoms with E-state index in [1.807, 2.05) is 11.8 Å². The number of aliphatic hydroxyl groups excluding tert-OH is 2. The summed E-state index contributed by atoms with van der Waals surface area (Å²) in [6.45, 7) is 3.09. The molecule has 4 atom stereocenters. The zero-order valence-corrected chi connectivity index (χ0v) is 20.1. The summed E-state index contributed by atoms with van der Waals surface area (Å²) in [4.78, 5) is 42.2. The number of amides is 1. The summed E-state index contributed by atoms with van der Waals surface area (Å²) in [5.74, 6) is -7.96. The zero-order valence-electron chi connectivity index (χ0n) is 20.1. The largest absolute Gasteiger partial charge is 0.508 e. The zero-order chi connectivity index (χ0) is 26.4. The Labute approximate surface area is 206 Å². The Morgan fingerprint density at radius 3 is 2.39 bits per heavy atom. The number of aromatic hydroxyl groups is 1. The maximum absolute atomic E-state index is 15.7. The molecule has 0 aromatic heterocycles. The summed E-state index contributed by atoms with van der Waals surface area (Å²) < 4.78 is 15.7. The molecule has 1 aliphatic heterocycles. The number of nitrogens with two attached hydrogens (primary N) is 1. The first-order valence-corrected chi connectivity index (χ1v) is 11.8. The lowest BCUT2D eigenvalue weighted by atomic mass is 9.57. The van der Waals surface area contributed by atoms with Crippen LogP contribution in [-0.2, 0) is 33.9 Å². The van der Waals surface area contributed by atoms with Crippen LogP contribution in [-0.4, -0.2) is 80.0 Å². The molecule has 1 aromatic carbocycles. The monoisotopic (exact) mass is 501 g/mol. The highest BCUT2D eigenvalue weighted by molar-refractivity contribution is 6.24. The van der Waals surface area contributed by atoms with Crippen molar-refractivity contribution in [3.63, 3.8) is 0 Å². The molecule has 0 unspecified atom stereocenters. The third-order valence-electron chi connectivity index (χ3n) is 8.24. The van der Waals surface area contributed by atoms with Crippen LogP contribution >= 0.6 is 0 Å². The first-order chi connectivity index (χ1) is 16.9. The lowest BCUT2D eigenvalue weighted by Crippen LogP contribution is -2.65. The number of benzene rings is 1. The van der Waals surface area contributed by atoms with Gasteiger partial charge in [0.05, 0.1) is 11.6 Å². The van der Waals surface area contributed by atoms with Crippen LogP contribution in [0.3, 0.4) is 0 Å². The smallest absolute Gasteiger partial charge is 0.255 e. The van der Waals surface area contributed by atoms with Crippen molar-refractivity contribution < 1.29 is 39.2 Å². The Balaban J connectivity index is 1.73. The quantitative estimate of drug-likeness (QED) is 0.370. The number of primary amides is 1. The molecule has 0 bridgehead atoms. The number of Topliss-reactive ketones (excluding diaryl/α,β-unsaturated/α-hetero) is 2. The third-order valence-corrected chi connectivity index (χ3v) is 8.24. The van der Waals surface area contributed by atoms with Crippen LogP contribution in [0, 0.1) is 17.7 Å². The Kier molecular flexibility index (Phi) is 5.33. The molecule has 5 rings (SSSR count). The second kappa shape index (κ2) is 7.86. The normalized spacial score (nSPS) is 29.9. The van der Waals surface area contributed by atoms with E-state index in [9.17, 15) is 34.8 Å². The molecule has 1 amide bonds. The highest BCUT2D eigenvalue weighted by Crippen LogP contribution is 2.54. The number of likely N-dealkylation sites (N-methyl/N-ethyl adjacent to an activating group) is 1. The Morgan fingerprint density at radius 2 is 1.81 bits per heavy atom. The molecule has 0 saturated heterocycles. The van der Waals surface area contributed by atoms with Crippen LogP contribution in [0.4, 0.5) is 4.39 Å². The van der Waals surface area contributed by atoms with Crippen LogP contribution in [0.5, 0.6) is 5.75 Å². The summed E-state index contributed by atoms with van der Waals surface area (Å²) in [5.41, 5.74) is 1.96. The summed E-state index contributed by atoms with van der Waals surface area (Å²) in [5, 5.41) is 44.7. The van der Waals surface area contributed by atoms with Gasteiger partial charge in [-0.2, -0.15) is 0 Å². The van der Waals surface area contributed by atoms with Crippen molar-refractivity contribution in [2.24, 2.45) is 17.6 Å². The molecule has 1 saturated carbocycles. The number of phenols is 1. The second-order valence-corrected chi connectivity index (χ2v) is 10.2. The van der Waals surface area contributed by atoms with Crippen LogP contribution < -0.4 is 5.73 Å². The molecule has 4 aliphatic rings. The molecule has 3 aliphatic carbocycles. The van der Waals surface area contributed by atoms with Gasteiger partial charge in [-0.15, -0.1) is 0 Å². The number of halogens is 1. The Hall–Kier alpha value is -3.28. The first-order valence-electron chi connectivity index (χ1n) is 11.8. The average Bonchev–Trinajstić information content (AvgIpc) is 3.24. The van der Waals surface area contributed by atoms with E-state index in [1.54, 1.807) is 0 Å². The summed E-state index contributed by atoms with van der Waals surface area (Å²) in [7, 11) is 3.04. The van der Waals surface area contributed by atoms with Crippen LogP contribution in [0.1, 0.15) is 35.6 Å². The second-order valence-electron chi connectivity index (χ2n) is 10.2. The van der Waals surface area contributed by atoms with Crippen LogP contribution in [0.15, 0.2) is 16.9 Å². The van der Waals surface area contributed by atoms with E-state index in [0.29, 0.717) is 24.2 Å². The molecule has 1 fully saturated rings. The number of nitrogens with zero attached hydrogens (tertiary/aromatic N) is 2. The molecule has 0 radical (unpaired) electrons. The molecule has 11 heteroatoms. The predicted octanol–water partition coefficient (Wildman–Crippen LogP) is 0.439. The van der Waals surface area contributed by atoms with Gasteiger partial charge in [0.1, 0.15) is 28.7 Å². The minimum absolute atomic E-state index is 0.0622. The standard InChI is InChI=1S/C25H28FN3O7/c1-4-29-7-11-12(8-29)19(30)15-10(17(11)26)5-9-6-13-18(28(2)3)21(32)16(24(27)35)23(34)25(13,36)22(33)14(9)20(15)31/h9,13,18,30-31,34,36H,4-8H2,1-3H3,(H2,27,35)/t9-,13-,18-,25-/m0/s1. The first kappa shape index (κ1) is 24.4. The molecule has 1 heterocycles. The van der Waals surface area contributed by atoms with E-state index in [1.165, 1.54) is 19.0 Å². The Morgan fingerprint density at radius 1 is 1.17 bits per heavy atom. The summed E-state index contributed by atoms with van der Waals surface area (Å²) >= 11 is 0. The van der Waals surface area contributed by atoms with Gasteiger partial charge >= 0.3 is 0 Å². The summed E-state index contributed by atoms with van der Waals surface area (Å²) in [6.07, 6.45) is -0.141. The summed E-state index contributed by atoms with van der Waals surface area (Å²) in [6, 6.07) is -1.18. The molecule has 0 spiro atoms. The van der Waals surface area contributed by atoms with Crippen molar-refractivity contribution in [1.29, 1.82) is 0 Å². The van der Waals surface area contributed by atoms with E-state index in [-0.39, 0.29) is 41.8 Å². The van der Waals surface area contributed by atoms with Crippen LogP contribution in [0.2, 0.25) is 0 Å². The minimum Gasteiger partial charge on any atom is -0.508 e. The molecule has 6 N–H and O–H groups in total. The molecule has 1 aromatic rings. The number of aliphatic hydroxyl groups is 3. The fourth-order valence-electron chi connectivity index (χ4n) is 6.50. The third kappa shape index (κ3) is 2.90. The van der Waals surface area contributed by atoms with Crippen LogP contribution in [0.25, 0.3) is 5.76 Å². The lowest BCUT2D eigenvalue weighted by Gasteiger charge is -2.50. The number of hydrogen-bond acceptors (Lipinski definition) is 9. The van der Waals surface area contributed by atoms with Crippen molar-refractivity contribution in [3.8, 4) is 5.75 Å². The van der Waals surface area contributed by atoms with Gasteiger partial charge in [0.25, 0.3) is 5.91 Å². The number of phenolic OH excluding ortho intramolecular Hbond substituents is 1. The number of carbonyl (C=O) groups is 3. The van der Waals surface area contributed by atoms with E-state index in [2.05, 4.69) is 0 Å². The van der Waals surface area contributed by atoms with Crippen molar-refractivity contribution in [1.82, 2.24) is 9.80 Å². The van der Waals surface area contributed by atoms with Gasteiger partial charge in [0.15, 0.2) is 11.4 Å². The van der Waals surface area contributed by atoms with Gasteiger partial charge in [0.2, 0.25) is 5.78 Å². The van der Waals surface area contributed by atoms with Gasteiger partial charge < -0.3 is 26.2 Å². The van der Waals surface area contributed by atoms with Gasteiger partial charge in [-0.3, -0.25) is 24.2 Å². The molecular weight excluding hydrogens is 473 g/mol. The van der Waals surface area contributed by atoms with E-state index in [0.717, 1.165) is 0 Å². The highest BCUT2D eigenvalue weighted by Gasteiger charge is 2.64. The van der Waals surface area contributed by atoms with Crippen molar-refractivity contribution in [3.05, 3.63) is 45.0 Å².